The van der Waals surface area contributed by atoms with Crippen molar-refractivity contribution in [2.24, 2.45) is 4.99 Å². The Morgan fingerprint density at radius 1 is 1.28 bits per heavy atom. The zero-order valence-corrected chi connectivity index (χ0v) is 16.5. The van der Waals surface area contributed by atoms with Crippen LogP contribution in [0.3, 0.4) is 0 Å². The summed E-state index contributed by atoms with van der Waals surface area (Å²) in [6.45, 7) is 2.68. The van der Waals surface area contributed by atoms with Crippen molar-refractivity contribution in [1.29, 1.82) is 0 Å². The molecule has 4 rings (SSSR count). The fourth-order valence-corrected chi connectivity index (χ4v) is 3.40. The molecule has 0 unspecified atom stereocenters. The number of hydrogen-bond donors (Lipinski definition) is 3. The fourth-order valence-electron chi connectivity index (χ4n) is 3.40. The van der Waals surface area contributed by atoms with E-state index in [0.717, 1.165) is 43.5 Å². The van der Waals surface area contributed by atoms with Crippen LogP contribution in [0.15, 0.2) is 52.2 Å². The number of nitrogens with one attached hydrogen (secondary N) is 3. The third-order valence-corrected chi connectivity index (χ3v) is 4.96. The van der Waals surface area contributed by atoms with E-state index in [4.69, 9.17) is 4.42 Å². The molecule has 1 aliphatic rings. The van der Waals surface area contributed by atoms with E-state index in [-0.39, 0.29) is 0 Å². The molecule has 152 valence electrons. The van der Waals surface area contributed by atoms with E-state index in [9.17, 15) is 0 Å². The Kier molecular flexibility index (Phi) is 6.04. The molecule has 0 radical (unpaired) electrons. The van der Waals surface area contributed by atoms with E-state index in [1.54, 1.807) is 13.3 Å². The molecule has 9 nitrogen and oxygen atoms in total. The van der Waals surface area contributed by atoms with Gasteiger partial charge >= 0.3 is 0 Å². The molecule has 0 atom stereocenters. The van der Waals surface area contributed by atoms with Crippen molar-refractivity contribution in [3.8, 4) is 11.6 Å². The van der Waals surface area contributed by atoms with E-state index in [1.165, 1.54) is 0 Å². The van der Waals surface area contributed by atoms with Crippen molar-refractivity contribution in [3.05, 3.63) is 48.6 Å². The van der Waals surface area contributed by atoms with E-state index < -0.39 is 0 Å². The predicted molar refractivity (Wildman–Crippen MR) is 112 cm³/mol. The first-order valence-corrected chi connectivity index (χ1v) is 9.90. The first kappa shape index (κ1) is 19.0. The Labute approximate surface area is 169 Å². The third kappa shape index (κ3) is 4.92. The highest BCUT2D eigenvalue weighted by Crippen LogP contribution is 2.17. The third-order valence-electron chi connectivity index (χ3n) is 4.96. The largest absolute Gasteiger partial charge is 0.461 e. The van der Waals surface area contributed by atoms with Gasteiger partial charge in [-0.3, -0.25) is 10.1 Å². The second-order valence-corrected chi connectivity index (χ2v) is 6.93. The Bertz CT molecular complexity index is 898. The number of aromatic nitrogens is 4. The van der Waals surface area contributed by atoms with Gasteiger partial charge < -0.3 is 20.0 Å². The van der Waals surface area contributed by atoms with Crippen LogP contribution in [0.1, 0.15) is 18.7 Å². The highest BCUT2D eigenvalue weighted by Gasteiger charge is 2.20. The van der Waals surface area contributed by atoms with Gasteiger partial charge in [-0.2, -0.15) is 5.10 Å². The monoisotopic (exact) mass is 394 g/mol. The SMILES string of the molecule is CN=C(NCCc1nc(-c2ccco2)n[nH]1)NC1CCN(c2ccccn2)CC1. The first-order chi connectivity index (χ1) is 14.3. The highest BCUT2D eigenvalue weighted by atomic mass is 16.3. The van der Waals surface area contributed by atoms with Crippen molar-refractivity contribution in [3.63, 3.8) is 0 Å². The molecule has 0 saturated carbocycles. The number of furan rings is 1. The van der Waals surface area contributed by atoms with Gasteiger partial charge in [-0.15, -0.1) is 0 Å². The van der Waals surface area contributed by atoms with Crippen LogP contribution < -0.4 is 15.5 Å². The standard InChI is InChI=1S/C20H26N8O/c1-21-20(23-11-7-17-25-19(27-26-17)16-5-4-14-29-16)24-15-8-12-28(13-9-15)18-6-2-3-10-22-18/h2-6,10,14-15H,7-9,11-13H2,1H3,(H2,21,23,24)(H,25,26,27). The lowest BCUT2D eigenvalue weighted by atomic mass is 10.1. The number of piperidine rings is 1. The number of guanidine groups is 1. The number of nitrogens with zero attached hydrogens (tertiary/aromatic N) is 5. The van der Waals surface area contributed by atoms with Crippen LogP contribution >= 0.6 is 0 Å². The summed E-state index contributed by atoms with van der Waals surface area (Å²) in [7, 11) is 1.79. The summed E-state index contributed by atoms with van der Waals surface area (Å²) < 4.78 is 5.32. The molecular formula is C20H26N8O. The van der Waals surface area contributed by atoms with Gasteiger partial charge in [0.15, 0.2) is 11.7 Å². The predicted octanol–water partition coefficient (Wildman–Crippen LogP) is 1.84. The lowest BCUT2D eigenvalue weighted by molar-refractivity contribution is 0.459. The lowest BCUT2D eigenvalue weighted by Gasteiger charge is -2.33. The molecule has 0 aliphatic carbocycles. The summed E-state index contributed by atoms with van der Waals surface area (Å²) in [4.78, 5) is 15.6. The van der Waals surface area contributed by atoms with Gasteiger partial charge in [0.25, 0.3) is 0 Å². The van der Waals surface area contributed by atoms with Crippen LogP contribution in [-0.4, -0.2) is 58.8 Å². The normalized spacial score (nSPS) is 15.5. The minimum absolute atomic E-state index is 0.400. The summed E-state index contributed by atoms with van der Waals surface area (Å²) in [5.41, 5.74) is 0. The average molecular weight is 394 g/mol. The second-order valence-electron chi connectivity index (χ2n) is 6.93. The molecule has 29 heavy (non-hydrogen) atoms. The van der Waals surface area contributed by atoms with E-state index in [1.807, 2.05) is 30.5 Å². The van der Waals surface area contributed by atoms with Crippen LogP contribution in [0, 0.1) is 0 Å². The number of H-pyrrole nitrogens is 1. The summed E-state index contributed by atoms with van der Waals surface area (Å²) >= 11 is 0. The molecule has 1 fully saturated rings. The molecule has 4 heterocycles. The number of anilines is 1. The van der Waals surface area contributed by atoms with Gasteiger partial charge in [0.2, 0.25) is 5.82 Å². The van der Waals surface area contributed by atoms with Gasteiger partial charge in [0.05, 0.1) is 6.26 Å². The molecule has 0 spiro atoms. The van der Waals surface area contributed by atoms with Crippen molar-refractivity contribution in [2.45, 2.75) is 25.3 Å². The van der Waals surface area contributed by atoms with E-state index in [0.29, 0.717) is 30.6 Å². The van der Waals surface area contributed by atoms with Crippen molar-refractivity contribution < 1.29 is 4.42 Å². The molecule has 3 aromatic heterocycles. The van der Waals surface area contributed by atoms with E-state index in [2.05, 4.69) is 46.8 Å². The maximum atomic E-state index is 5.32. The van der Waals surface area contributed by atoms with Crippen LogP contribution in [0.5, 0.6) is 0 Å². The molecular weight excluding hydrogens is 368 g/mol. The topological polar surface area (TPSA) is 107 Å². The van der Waals surface area contributed by atoms with E-state index >= 15 is 0 Å². The van der Waals surface area contributed by atoms with Gasteiger partial charge in [-0.1, -0.05) is 6.07 Å². The number of aromatic amines is 1. The second kappa shape index (κ2) is 9.22. The lowest BCUT2D eigenvalue weighted by Crippen LogP contribution is -2.49. The Hall–Kier alpha value is -3.36. The summed E-state index contributed by atoms with van der Waals surface area (Å²) in [5, 5.41) is 14.0. The van der Waals surface area contributed by atoms with Crippen molar-refractivity contribution in [2.75, 3.05) is 31.6 Å². The minimum atomic E-state index is 0.400. The smallest absolute Gasteiger partial charge is 0.216 e. The maximum Gasteiger partial charge on any atom is 0.216 e. The van der Waals surface area contributed by atoms with Gasteiger partial charge in [0, 0.05) is 45.3 Å². The number of aliphatic imine (C=N–C) groups is 1. The van der Waals surface area contributed by atoms with Crippen LogP contribution in [-0.2, 0) is 6.42 Å². The maximum absolute atomic E-state index is 5.32. The number of hydrogen-bond acceptors (Lipinski definition) is 6. The fraction of sp³-hybridized carbons (Fsp3) is 0.400. The molecule has 1 aliphatic heterocycles. The van der Waals surface area contributed by atoms with Crippen LogP contribution in [0.4, 0.5) is 5.82 Å². The van der Waals surface area contributed by atoms with Crippen LogP contribution in [0.2, 0.25) is 0 Å². The van der Waals surface area contributed by atoms with Crippen LogP contribution in [0.25, 0.3) is 11.6 Å². The molecule has 0 amide bonds. The highest BCUT2D eigenvalue weighted by molar-refractivity contribution is 5.80. The quantitative estimate of drug-likeness (QED) is 0.432. The van der Waals surface area contributed by atoms with Crippen molar-refractivity contribution >= 4 is 11.8 Å². The minimum Gasteiger partial charge on any atom is -0.461 e. The average Bonchev–Trinajstić information content (AvgIpc) is 3.46. The summed E-state index contributed by atoms with van der Waals surface area (Å²) in [5.74, 6) is 3.91. The molecule has 0 bridgehead atoms. The number of rotatable bonds is 6. The summed E-state index contributed by atoms with van der Waals surface area (Å²) in [6.07, 6.45) is 6.27. The van der Waals surface area contributed by atoms with Gasteiger partial charge in [-0.25, -0.2) is 9.97 Å². The Morgan fingerprint density at radius 2 is 2.17 bits per heavy atom. The molecule has 0 aromatic carbocycles. The molecule has 3 N–H and O–H groups in total. The van der Waals surface area contributed by atoms with Gasteiger partial charge in [0.1, 0.15) is 11.6 Å². The molecule has 1 saturated heterocycles. The zero-order chi connectivity index (χ0) is 19.9. The Balaban J connectivity index is 1.20. The zero-order valence-electron chi connectivity index (χ0n) is 16.5. The number of pyridine rings is 1. The molecule has 9 heteroatoms. The summed E-state index contributed by atoms with van der Waals surface area (Å²) in [6, 6.07) is 10.1. The van der Waals surface area contributed by atoms with Gasteiger partial charge in [-0.05, 0) is 37.1 Å². The molecule has 3 aromatic rings. The van der Waals surface area contributed by atoms with Crippen molar-refractivity contribution in [1.82, 2.24) is 30.8 Å². The Morgan fingerprint density at radius 3 is 2.90 bits per heavy atom. The first-order valence-electron chi connectivity index (χ1n) is 9.90.